The molecule has 0 spiro atoms. The molecular weight excluding hydrogens is 462 g/mol. The number of esters is 3. The number of ether oxygens (including phenoxy) is 3. The normalized spacial score (nSPS) is 25.8. The van der Waals surface area contributed by atoms with Crippen LogP contribution in [0, 0.1) is 17.8 Å². The topological polar surface area (TPSA) is 108 Å². The lowest BCUT2D eigenvalue weighted by molar-refractivity contribution is -0.178. The Morgan fingerprint density at radius 3 is 2.39 bits per heavy atom. The summed E-state index contributed by atoms with van der Waals surface area (Å²) < 4.78 is 17.1. The van der Waals surface area contributed by atoms with Gasteiger partial charge in [0, 0.05) is 11.5 Å². The van der Waals surface area contributed by atoms with Crippen molar-refractivity contribution >= 4 is 23.8 Å². The summed E-state index contributed by atoms with van der Waals surface area (Å²) in [4.78, 5) is 51.7. The number of unbranched alkanes of at least 4 members (excludes halogenated alkanes) is 3. The Hall–Kier alpha value is -2.90. The summed E-state index contributed by atoms with van der Waals surface area (Å²) in [7, 11) is 0. The standard InChI is InChI=1S/C28H41NO7/c1-6-8-9-13-16-22-24(36-26(31)18(3)7-2)19(4)17-34-28(33)23(20(5)35-27(22)32)29-25(30)21-14-11-10-12-15-21/h10-12,14-15,18-20,22-24H,6-9,13,16-17H2,1-5H3,(H,29,30)/t18?,19-,20-,22-,23+,24+/m1/s1. The van der Waals surface area contributed by atoms with Gasteiger partial charge in [0.05, 0.1) is 18.4 Å². The second-order valence-electron chi connectivity index (χ2n) is 9.73. The van der Waals surface area contributed by atoms with E-state index in [1.807, 2.05) is 6.92 Å². The van der Waals surface area contributed by atoms with Crippen molar-refractivity contribution in [3.63, 3.8) is 0 Å². The highest BCUT2D eigenvalue weighted by Crippen LogP contribution is 2.28. The van der Waals surface area contributed by atoms with Gasteiger partial charge in [0.2, 0.25) is 0 Å². The Kier molecular flexibility index (Phi) is 11.9. The predicted octanol–water partition coefficient (Wildman–Crippen LogP) is 4.45. The second kappa shape index (κ2) is 14.6. The average molecular weight is 504 g/mol. The van der Waals surface area contributed by atoms with Crippen molar-refractivity contribution in [1.29, 1.82) is 0 Å². The average Bonchev–Trinajstić information content (AvgIpc) is 2.88. The molecule has 1 aromatic carbocycles. The van der Waals surface area contributed by atoms with Crippen LogP contribution in [-0.2, 0) is 28.6 Å². The van der Waals surface area contributed by atoms with E-state index in [0.717, 1.165) is 25.7 Å². The molecule has 1 aliphatic heterocycles. The zero-order valence-electron chi connectivity index (χ0n) is 22.2. The molecular formula is C28H41NO7. The van der Waals surface area contributed by atoms with E-state index in [0.29, 0.717) is 18.4 Å². The molecule has 1 aromatic rings. The molecule has 1 amide bonds. The van der Waals surface area contributed by atoms with Gasteiger partial charge < -0.3 is 19.5 Å². The monoisotopic (exact) mass is 503 g/mol. The Morgan fingerprint density at radius 2 is 1.75 bits per heavy atom. The summed E-state index contributed by atoms with van der Waals surface area (Å²) in [5, 5.41) is 2.65. The number of benzene rings is 1. The van der Waals surface area contributed by atoms with Crippen molar-refractivity contribution in [2.75, 3.05) is 6.61 Å². The third-order valence-corrected chi connectivity index (χ3v) is 6.73. The van der Waals surface area contributed by atoms with Gasteiger partial charge in [0.25, 0.3) is 5.91 Å². The second-order valence-corrected chi connectivity index (χ2v) is 9.73. The summed E-state index contributed by atoms with van der Waals surface area (Å²) in [6, 6.07) is 7.30. The van der Waals surface area contributed by atoms with E-state index in [2.05, 4.69) is 12.2 Å². The highest BCUT2D eigenvalue weighted by atomic mass is 16.6. The fourth-order valence-electron chi connectivity index (χ4n) is 4.14. The lowest BCUT2D eigenvalue weighted by Crippen LogP contribution is -2.52. The predicted molar refractivity (Wildman–Crippen MR) is 135 cm³/mol. The van der Waals surface area contributed by atoms with Crippen LogP contribution in [0.15, 0.2) is 30.3 Å². The van der Waals surface area contributed by atoms with Crippen LogP contribution in [0.4, 0.5) is 0 Å². The Morgan fingerprint density at radius 1 is 1.06 bits per heavy atom. The van der Waals surface area contributed by atoms with E-state index < -0.39 is 47.9 Å². The fourth-order valence-corrected chi connectivity index (χ4v) is 4.14. The zero-order chi connectivity index (χ0) is 26.7. The van der Waals surface area contributed by atoms with Crippen LogP contribution < -0.4 is 5.32 Å². The van der Waals surface area contributed by atoms with E-state index in [1.54, 1.807) is 51.1 Å². The number of carbonyl (C=O) groups is 4. The molecule has 1 N–H and O–H groups in total. The lowest BCUT2D eigenvalue weighted by Gasteiger charge is -2.34. The zero-order valence-corrected chi connectivity index (χ0v) is 22.2. The first-order valence-corrected chi connectivity index (χ1v) is 13.1. The summed E-state index contributed by atoms with van der Waals surface area (Å²) in [6.07, 6.45) is 3.15. The van der Waals surface area contributed by atoms with Crippen molar-refractivity contribution in [3.8, 4) is 0 Å². The first-order valence-electron chi connectivity index (χ1n) is 13.1. The summed E-state index contributed by atoms with van der Waals surface area (Å²) in [5.41, 5.74) is 0.375. The molecule has 6 atom stereocenters. The van der Waals surface area contributed by atoms with Crippen molar-refractivity contribution < 1.29 is 33.4 Å². The van der Waals surface area contributed by atoms with Crippen LogP contribution >= 0.6 is 0 Å². The van der Waals surface area contributed by atoms with Crippen molar-refractivity contribution in [2.45, 2.75) is 91.4 Å². The molecule has 0 bridgehead atoms. The molecule has 1 aliphatic rings. The quantitative estimate of drug-likeness (QED) is 0.285. The third kappa shape index (κ3) is 8.35. The summed E-state index contributed by atoms with van der Waals surface area (Å²) in [6.45, 7) is 9.07. The largest absolute Gasteiger partial charge is 0.464 e. The summed E-state index contributed by atoms with van der Waals surface area (Å²) in [5.74, 6) is -3.56. The maximum atomic E-state index is 13.4. The van der Waals surface area contributed by atoms with Gasteiger partial charge in [-0.2, -0.15) is 0 Å². The van der Waals surface area contributed by atoms with Crippen molar-refractivity contribution in [3.05, 3.63) is 35.9 Å². The molecule has 1 unspecified atom stereocenters. The van der Waals surface area contributed by atoms with Gasteiger partial charge in [-0.25, -0.2) is 4.79 Å². The number of carbonyl (C=O) groups excluding carboxylic acids is 4. The van der Waals surface area contributed by atoms with E-state index >= 15 is 0 Å². The number of rotatable bonds is 10. The van der Waals surface area contributed by atoms with Gasteiger partial charge in [0.15, 0.2) is 6.04 Å². The van der Waals surface area contributed by atoms with E-state index in [9.17, 15) is 19.2 Å². The molecule has 8 heteroatoms. The lowest BCUT2D eigenvalue weighted by atomic mass is 9.87. The van der Waals surface area contributed by atoms with E-state index in [-0.39, 0.29) is 18.5 Å². The van der Waals surface area contributed by atoms with Crippen LogP contribution in [0.1, 0.15) is 83.5 Å². The molecule has 0 aromatic heterocycles. The van der Waals surface area contributed by atoms with Crippen molar-refractivity contribution in [2.24, 2.45) is 17.8 Å². The molecule has 1 fully saturated rings. The minimum absolute atomic E-state index is 0.0551. The smallest absolute Gasteiger partial charge is 0.332 e. The van der Waals surface area contributed by atoms with Crippen LogP contribution in [-0.4, -0.2) is 48.7 Å². The van der Waals surface area contributed by atoms with Gasteiger partial charge in [-0.3, -0.25) is 14.4 Å². The van der Waals surface area contributed by atoms with Crippen molar-refractivity contribution in [1.82, 2.24) is 5.32 Å². The minimum Gasteiger partial charge on any atom is -0.464 e. The molecule has 0 saturated carbocycles. The Balaban J connectivity index is 2.28. The van der Waals surface area contributed by atoms with Crippen LogP contribution in [0.3, 0.4) is 0 Å². The highest BCUT2D eigenvalue weighted by molar-refractivity contribution is 5.97. The molecule has 0 radical (unpaired) electrons. The van der Waals surface area contributed by atoms with Gasteiger partial charge in [-0.05, 0) is 31.9 Å². The first kappa shape index (κ1) is 29.3. The fraction of sp³-hybridized carbons (Fsp3) is 0.643. The molecule has 0 aliphatic carbocycles. The van der Waals surface area contributed by atoms with Gasteiger partial charge in [-0.15, -0.1) is 0 Å². The van der Waals surface area contributed by atoms with Crippen LogP contribution in [0.25, 0.3) is 0 Å². The SMILES string of the molecule is CCCCCC[C@H]1C(=O)O[C@H](C)[C@H](NC(=O)c2ccccc2)C(=O)OC[C@@H](C)[C@@H]1OC(=O)C(C)CC. The number of hydrogen-bond donors (Lipinski definition) is 1. The van der Waals surface area contributed by atoms with Crippen LogP contribution in [0.5, 0.6) is 0 Å². The van der Waals surface area contributed by atoms with Crippen LogP contribution in [0.2, 0.25) is 0 Å². The van der Waals surface area contributed by atoms with Gasteiger partial charge in [-0.1, -0.05) is 71.6 Å². The first-order chi connectivity index (χ1) is 17.2. The Labute approximate surface area is 214 Å². The summed E-state index contributed by atoms with van der Waals surface area (Å²) >= 11 is 0. The van der Waals surface area contributed by atoms with E-state index in [1.165, 1.54) is 0 Å². The van der Waals surface area contributed by atoms with E-state index in [4.69, 9.17) is 14.2 Å². The molecule has 1 saturated heterocycles. The van der Waals surface area contributed by atoms with Gasteiger partial charge in [0.1, 0.15) is 12.2 Å². The number of nitrogens with one attached hydrogen (secondary N) is 1. The number of hydrogen-bond acceptors (Lipinski definition) is 7. The molecule has 200 valence electrons. The maximum absolute atomic E-state index is 13.4. The Bertz CT molecular complexity index is 872. The number of cyclic esters (lactones) is 2. The number of amides is 1. The third-order valence-electron chi connectivity index (χ3n) is 6.73. The molecule has 36 heavy (non-hydrogen) atoms. The van der Waals surface area contributed by atoms with Gasteiger partial charge >= 0.3 is 17.9 Å². The molecule has 1 heterocycles. The minimum atomic E-state index is -1.17. The maximum Gasteiger partial charge on any atom is 0.332 e. The molecule has 8 nitrogen and oxygen atoms in total. The molecule has 2 rings (SSSR count). The highest BCUT2D eigenvalue weighted by Gasteiger charge is 2.41.